The van der Waals surface area contributed by atoms with Crippen molar-refractivity contribution in [2.45, 2.75) is 165 Å². The topological polar surface area (TPSA) is 18.5 Å². The van der Waals surface area contributed by atoms with E-state index < -0.39 is 0 Å². The molecule has 0 fully saturated rings. The van der Waals surface area contributed by atoms with Gasteiger partial charge in [0, 0.05) is 5.56 Å². The maximum Gasteiger partial charge on any atom is 0.127 e. The summed E-state index contributed by atoms with van der Waals surface area (Å²) in [5.74, 6) is 4.75. The van der Waals surface area contributed by atoms with Gasteiger partial charge in [-0.15, -0.1) is 0 Å². The summed E-state index contributed by atoms with van der Waals surface area (Å²) in [5.41, 5.74) is 4.88. The quantitative estimate of drug-likeness (QED) is 0.267. The Morgan fingerprint density at radius 2 is 1.33 bits per heavy atom. The van der Waals surface area contributed by atoms with Gasteiger partial charge in [-0.25, -0.2) is 0 Å². The molecule has 2 heteroatoms. The third-order valence-electron chi connectivity index (χ3n) is 8.25. The summed E-state index contributed by atoms with van der Waals surface area (Å²) in [6.07, 6.45) is 14.3. The Bertz CT molecular complexity index is 801. The standard InChI is InChI=1S/C33H58O2.CH4/c1-23(2)15-12-16-24(3)17-13-18-25(4)19-14-21-33(11)22-20-29-28(7)30(34-32(8,9)10)26(5)27(6)31(29)35-33;/h23-25H,12-22H2,1-11H3;1H4/t24-,25-,33-;/m1./s1. The van der Waals surface area contributed by atoms with E-state index >= 15 is 0 Å². The Kier molecular flexibility index (Phi) is 12.9. The Labute approximate surface area is 226 Å². The van der Waals surface area contributed by atoms with Gasteiger partial charge in [0.25, 0.3) is 0 Å². The van der Waals surface area contributed by atoms with Gasteiger partial charge in [-0.1, -0.05) is 80.1 Å². The first kappa shape index (κ1) is 32.8. The molecule has 1 aliphatic rings. The summed E-state index contributed by atoms with van der Waals surface area (Å²) in [7, 11) is 0. The molecule has 0 saturated heterocycles. The lowest BCUT2D eigenvalue weighted by atomic mass is 9.83. The summed E-state index contributed by atoms with van der Waals surface area (Å²) >= 11 is 0. The first-order valence-corrected chi connectivity index (χ1v) is 14.7. The molecule has 0 aliphatic carbocycles. The largest absolute Gasteiger partial charge is 0.488 e. The van der Waals surface area contributed by atoms with Crippen LogP contribution in [0.1, 0.15) is 149 Å². The van der Waals surface area contributed by atoms with E-state index in [9.17, 15) is 0 Å². The van der Waals surface area contributed by atoms with Crippen molar-refractivity contribution in [2.24, 2.45) is 17.8 Å². The zero-order valence-electron chi connectivity index (χ0n) is 25.3. The van der Waals surface area contributed by atoms with Crippen LogP contribution in [-0.2, 0) is 6.42 Å². The Balaban J connectivity index is 0.00000648. The van der Waals surface area contributed by atoms with Gasteiger partial charge in [-0.2, -0.15) is 0 Å². The van der Waals surface area contributed by atoms with Crippen LogP contribution < -0.4 is 9.47 Å². The number of hydrogen-bond acceptors (Lipinski definition) is 2. The van der Waals surface area contributed by atoms with E-state index in [1.165, 1.54) is 73.6 Å². The number of fused-ring (bicyclic) bond motifs is 1. The van der Waals surface area contributed by atoms with Crippen molar-refractivity contribution >= 4 is 0 Å². The van der Waals surface area contributed by atoms with Gasteiger partial charge in [0.1, 0.15) is 22.7 Å². The van der Waals surface area contributed by atoms with Crippen LogP contribution >= 0.6 is 0 Å². The Morgan fingerprint density at radius 3 is 1.86 bits per heavy atom. The normalized spacial score (nSPS) is 19.3. The number of hydrogen-bond donors (Lipinski definition) is 0. The summed E-state index contributed by atoms with van der Waals surface area (Å²) in [4.78, 5) is 0. The van der Waals surface area contributed by atoms with Gasteiger partial charge in [-0.05, 0) is 109 Å². The second-order valence-corrected chi connectivity index (χ2v) is 13.6. The van der Waals surface area contributed by atoms with E-state index in [1.54, 1.807) is 0 Å². The van der Waals surface area contributed by atoms with E-state index in [0.717, 1.165) is 48.5 Å². The average molecular weight is 503 g/mol. The number of benzene rings is 1. The fourth-order valence-electron chi connectivity index (χ4n) is 5.72. The minimum atomic E-state index is -0.192. The molecule has 1 aliphatic heterocycles. The summed E-state index contributed by atoms with van der Waals surface area (Å²) in [6.45, 7) is 24.9. The number of rotatable bonds is 13. The predicted molar refractivity (Wildman–Crippen MR) is 160 cm³/mol. The lowest BCUT2D eigenvalue weighted by molar-refractivity contribution is 0.0506. The smallest absolute Gasteiger partial charge is 0.127 e. The second-order valence-electron chi connectivity index (χ2n) is 13.6. The van der Waals surface area contributed by atoms with Crippen molar-refractivity contribution < 1.29 is 9.47 Å². The summed E-state index contributed by atoms with van der Waals surface area (Å²) in [5, 5.41) is 0. The maximum atomic E-state index is 6.79. The van der Waals surface area contributed by atoms with Crippen molar-refractivity contribution in [3.05, 3.63) is 22.3 Å². The lowest BCUT2D eigenvalue weighted by Gasteiger charge is -2.39. The minimum Gasteiger partial charge on any atom is -0.488 e. The third-order valence-corrected chi connectivity index (χ3v) is 8.25. The molecule has 1 aromatic rings. The van der Waals surface area contributed by atoms with Crippen LogP contribution in [-0.4, -0.2) is 11.2 Å². The molecule has 1 aromatic carbocycles. The fraction of sp³-hybridized carbons (Fsp3) is 0.824. The highest BCUT2D eigenvalue weighted by Gasteiger charge is 2.35. The molecule has 0 N–H and O–H groups in total. The Morgan fingerprint density at radius 1 is 0.806 bits per heavy atom. The monoisotopic (exact) mass is 502 g/mol. The van der Waals surface area contributed by atoms with Crippen LogP contribution in [0, 0.1) is 38.5 Å². The molecule has 0 spiro atoms. The van der Waals surface area contributed by atoms with Crippen LogP contribution in [0.5, 0.6) is 11.5 Å². The van der Waals surface area contributed by atoms with Crippen LogP contribution in [0.2, 0.25) is 0 Å². The molecule has 1 heterocycles. The van der Waals surface area contributed by atoms with Crippen LogP contribution in [0.25, 0.3) is 0 Å². The first-order valence-electron chi connectivity index (χ1n) is 14.7. The van der Waals surface area contributed by atoms with E-state index in [-0.39, 0.29) is 18.6 Å². The zero-order chi connectivity index (χ0) is 26.4. The Hall–Kier alpha value is -1.18. The van der Waals surface area contributed by atoms with Crippen molar-refractivity contribution in [3.8, 4) is 11.5 Å². The summed E-state index contributed by atoms with van der Waals surface area (Å²) < 4.78 is 13.2. The molecular formula is C34H62O2. The first-order chi connectivity index (χ1) is 16.2. The molecule has 0 bridgehead atoms. The molecule has 0 unspecified atom stereocenters. The van der Waals surface area contributed by atoms with Crippen molar-refractivity contribution in [2.75, 3.05) is 0 Å². The minimum absolute atomic E-state index is 0. The van der Waals surface area contributed by atoms with E-state index in [1.807, 2.05) is 0 Å². The molecule has 210 valence electrons. The summed E-state index contributed by atoms with van der Waals surface area (Å²) in [6, 6.07) is 0. The van der Waals surface area contributed by atoms with E-state index in [2.05, 4.69) is 76.2 Å². The van der Waals surface area contributed by atoms with Crippen molar-refractivity contribution in [1.82, 2.24) is 0 Å². The molecular weight excluding hydrogens is 440 g/mol. The second kappa shape index (κ2) is 14.1. The van der Waals surface area contributed by atoms with Gasteiger partial charge in [0.05, 0.1) is 0 Å². The van der Waals surface area contributed by atoms with Crippen molar-refractivity contribution in [1.29, 1.82) is 0 Å². The average Bonchev–Trinajstić information content (AvgIpc) is 2.74. The molecule has 2 nitrogen and oxygen atoms in total. The number of ether oxygens (including phenoxy) is 2. The molecule has 36 heavy (non-hydrogen) atoms. The zero-order valence-corrected chi connectivity index (χ0v) is 25.3. The van der Waals surface area contributed by atoms with Gasteiger partial charge < -0.3 is 9.47 Å². The van der Waals surface area contributed by atoms with Gasteiger partial charge in [-0.3, -0.25) is 0 Å². The predicted octanol–water partition coefficient (Wildman–Crippen LogP) is 10.9. The molecule has 0 saturated carbocycles. The van der Waals surface area contributed by atoms with Crippen LogP contribution in [0.4, 0.5) is 0 Å². The highest BCUT2D eigenvalue weighted by molar-refractivity contribution is 5.59. The maximum absolute atomic E-state index is 6.79. The van der Waals surface area contributed by atoms with Crippen molar-refractivity contribution in [3.63, 3.8) is 0 Å². The fourth-order valence-corrected chi connectivity index (χ4v) is 5.72. The molecule has 3 atom stereocenters. The molecule has 0 aromatic heterocycles. The SMILES string of the molecule is C.Cc1c(C)c2c(c(C)c1OC(C)(C)C)CC[C@@](C)(CCC[C@H](C)CCC[C@H](C)CCCC(C)C)O2. The van der Waals surface area contributed by atoms with E-state index in [0.29, 0.717) is 0 Å². The molecule has 2 rings (SSSR count). The molecule has 0 amide bonds. The van der Waals surface area contributed by atoms with Crippen LogP contribution in [0.15, 0.2) is 0 Å². The van der Waals surface area contributed by atoms with Gasteiger partial charge >= 0.3 is 0 Å². The molecule has 0 radical (unpaired) electrons. The lowest BCUT2D eigenvalue weighted by Crippen LogP contribution is -2.37. The van der Waals surface area contributed by atoms with Gasteiger partial charge in [0.2, 0.25) is 0 Å². The van der Waals surface area contributed by atoms with Gasteiger partial charge in [0.15, 0.2) is 0 Å². The van der Waals surface area contributed by atoms with E-state index in [4.69, 9.17) is 9.47 Å². The highest BCUT2D eigenvalue weighted by Crippen LogP contribution is 2.45. The third kappa shape index (κ3) is 9.94. The van der Waals surface area contributed by atoms with Crippen LogP contribution in [0.3, 0.4) is 0 Å². The highest BCUT2D eigenvalue weighted by atomic mass is 16.5.